The molecule has 0 radical (unpaired) electrons. The molecule has 27 heavy (non-hydrogen) atoms. The predicted octanol–water partition coefficient (Wildman–Crippen LogP) is 2.89. The number of methoxy groups -OCH3 is 2. The number of rotatable bonds is 7. The van der Waals surface area contributed by atoms with Gasteiger partial charge in [0.2, 0.25) is 21.7 Å². The van der Waals surface area contributed by atoms with Crippen LogP contribution in [0.15, 0.2) is 51.9 Å². The van der Waals surface area contributed by atoms with E-state index in [0.29, 0.717) is 17.3 Å². The third-order valence-corrected chi connectivity index (χ3v) is 5.36. The van der Waals surface area contributed by atoms with E-state index >= 15 is 0 Å². The smallest absolute Gasteiger partial charge is 0.242 e. The largest absolute Gasteiger partial charge is 0.497 e. The number of benzene rings is 2. The first-order chi connectivity index (χ1) is 12.9. The fraction of sp³-hybridized carbons (Fsp3) is 0.176. The summed E-state index contributed by atoms with van der Waals surface area (Å²) >= 11 is 5.98. The van der Waals surface area contributed by atoms with E-state index in [4.69, 9.17) is 25.6 Å². The minimum atomic E-state index is -3.80. The molecule has 8 nitrogen and oxygen atoms in total. The van der Waals surface area contributed by atoms with Gasteiger partial charge in [-0.15, -0.1) is 0 Å². The number of nitrogens with zero attached hydrogens (tertiary/aromatic N) is 2. The van der Waals surface area contributed by atoms with E-state index < -0.39 is 10.0 Å². The van der Waals surface area contributed by atoms with E-state index in [1.54, 1.807) is 31.4 Å². The lowest BCUT2D eigenvalue weighted by Crippen LogP contribution is -2.23. The Morgan fingerprint density at radius 2 is 1.85 bits per heavy atom. The summed E-state index contributed by atoms with van der Waals surface area (Å²) in [4.78, 5) is 4.19. The monoisotopic (exact) mass is 409 g/mol. The topological polar surface area (TPSA) is 104 Å². The summed E-state index contributed by atoms with van der Waals surface area (Å²) in [6, 6.07) is 11.3. The molecular formula is C17H16ClN3O5S. The normalized spacial score (nSPS) is 11.4. The average Bonchev–Trinajstić information content (AvgIpc) is 3.15. The van der Waals surface area contributed by atoms with Crippen molar-refractivity contribution in [1.29, 1.82) is 0 Å². The minimum Gasteiger partial charge on any atom is -0.497 e. The van der Waals surface area contributed by atoms with Crippen LogP contribution in [0.5, 0.6) is 11.5 Å². The fourth-order valence-electron chi connectivity index (χ4n) is 2.24. The maximum absolute atomic E-state index is 12.4. The number of hydrogen-bond acceptors (Lipinski definition) is 7. The summed E-state index contributed by atoms with van der Waals surface area (Å²) in [6.07, 6.45) is 0. The summed E-state index contributed by atoms with van der Waals surface area (Å²) in [6.45, 7) is -0.158. The van der Waals surface area contributed by atoms with Crippen molar-refractivity contribution in [2.24, 2.45) is 0 Å². The molecule has 1 aromatic heterocycles. The molecule has 3 aromatic rings. The van der Waals surface area contributed by atoms with Gasteiger partial charge >= 0.3 is 0 Å². The molecule has 0 aliphatic heterocycles. The van der Waals surface area contributed by atoms with E-state index in [-0.39, 0.29) is 22.4 Å². The highest BCUT2D eigenvalue weighted by Crippen LogP contribution is 2.27. The van der Waals surface area contributed by atoms with Gasteiger partial charge in [-0.3, -0.25) is 0 Å². The number of halogens is 1. The Hall–Kier alpha value is -2.62. The van der Waals surface area contributed by atoms with Gasteiger partial charge in [0.1, 0.15) is 11.5 Å². The second-order valence-corrected chi connectivity index (χ2v) is 7.54. The van der Waals surface area contributed by atoms with Crippen molar-refractivity contribution >= 4 is 21.6 Å². The van der Waals surface area contributed by atoms with Crippen molar-refractivity contribution in [3.05, 3.63) is 53.4 Å². The van der Waals surface area contributed by atoms with E-state index in [1.807, 2.05) is 0 Å². The molecule has 0 atom stereocenters. The number of hydrogen-bond donors (Lipinski definition) is 1. The lowest BCUT2D eigenvalue weighted by Gasteiger charge is -2.07. The third-order valence-electron chi connectivity index (χ3n) is 3.66. The SMILES string of the molecule is COc1ccc(-c2noc(CNS(=O)(=O)c3ccc(OC)c(Cl)c3)n2)cc1. The van der Waals surface area contributed by atoms with Crippen molar-refractivity contribution < 1.29 is 22.4 Å². The quantitative estimate of drug-likeness (QED) is 0.639. The molecule has 0 aliphatic carbocycles. The third kappa shape index (κ3) is 4.38. The van der Waals surface area contributed by atoms with Gasteiger partial charge in [-0.25, -0.2) is 13.1 Å². The van der Waals surface area contributed by atoms with Crippen LogP contribution >= 0.6 is 11.6 Å². The number of sulfonamides is 1. The molecule has 1 N–H and O–H groups in total. The van der Waals surface area contributed by atoms with Gasteiger partial charge in [0.15, 0.2) is 0 Å². The molecule has 10 heteroatoms. The van der Waals surface area contributed by atoms with Gasteiger partial charge in [-0.1, -0.05) is 16.8 Å². The molecule has 2 aromatic carbocycles. The first kappa shape index (κ1) is 19.2. The van der Waals surface area contributed by atoms with Gasteiger partial charge < -0.3 is 14.0 Å². The summed E-state index contributed by atoms with van der Waals surface area (Å²) in [5.74, 6) is 1.56. The average molecular weight is 410 g/mol. The summed E-state index contributed by atoms with van der Waals surface area (Å²) in [5.41, 5.74) is 0.718. The highest BCUT2D eigenvalue weighted by Gasteiger charge is 2.18. The van der Waals surface area contributed by atoms with Crippen molar-refractivity contribution in [2.45, 2.75) is 11.4 Å². The molecule has 0 saturated heterocycles. The molecule has 3 rings (SSSR count). The van der Waals surface area contributed by atoms with E-state index in [0.717, 1.165) is 5.56 Å². The van der Waals surface area contributed by atoms with Gasteiger partial charge in [0, 0.05) is 5.56 Å². The Balaban J connectivity index is 1.71. The van der Waals surface area contributed by atoms with Crippen LogP contribution < -0.4 is 14.2 Å². The van der Waals surface area contributed by atoms with E-state index in [2.05, 4.69) is 14.9 Å². The Bertz CT molecular complexity index is 1030. The van der Waals surface area contributed by atoms with Gasteiger partial charge in [-0.2, -0.15) is 4.98 Å². The second kappa shape index (κ2) is 7.95. The molecule has 0 fully saturated rings. The van der Waals surface area contributed by atoms with Gasteiger partial charge in [0.25, 0.3) is 0 Å². The van der Waals surface area contributed by atoms with Crippen molar-refractivity contribution in [2.75, 3.05) is 14.2 Å². The number of aromatic nitrogens is 2. The van der Waals surface area contributed by atoms with Crippen molar-refractivity contribution in [3.63, 3.8) is 0 Å². The molecule has 0 aliphatic rings. The van der Waals surface area contributed by atoms with Crippen LogP contribution in [0.3, 0.4) is 0 Å². The summed E-state index contributed by atoms with van der Waals surface area (Å²) in [7, 11) is -0.784. The van der Waals surface area contributed by atoms with Crippen LogP contribution in [-0.2, 0) is 16.6 Å². The van der Waals surface area contributed by atoms with E-state index in [9.17, 15) is 8.42 Å². The Kier molecular flexibility index (Phi) is 5.64. The highest BCUT2D eigenvalue weighted by molar-refractivity contribution is 7.89. The Labute approximate surface area is 161 Å². The number of ether oxygens (including phenoxy) is 2. The molecule has 142 valence electrons. The van der Waals surface area contributed by atoms with E-state index in [1.165, 1.54) is 25.3 Å². The lowest BCUT2D eigenvalue weighted by atomic mass is 10.2. The predicted molar refractivity (Wildman–Crippen MR) is 98.3 cm³/mol. The minimum absolute atomic E-state index is 0.00296. The van der Waals surface area contributed by atoms with Crippen LogP contribution in [0.1, 0.15) is 5.89 Å². The molecular weight excluding hydrogens is 394 g/mol. The van der Waals surface area contributed by atoms with Crippen LogP contribution in [0, 0.1) is 0 Å². The zero-order chi connectivity index (χ0) is 19.4. The van der Waals surface area contributed by atoms with Crippen LogP contribution in [0.25, 0.3) is 11.4 Å². The molecule has 0 bridgehead atoms. The maximum Gasteiger partial charge on any atom is 0.242 e. The molecule has 0 spiro atoms. The number of nitrogens with one attached hydrogen (secondary N) is 1. The standard InChI is InChI=1S/C17H16ClN3O5S/c1-24-12-5-3-11(4-6-12)17-20-16(26-21-17)10-19-27(22,23)13-7-8-15(25-2)14(18)9-13/h3-9,19H,10H2,1-2H3. The lowest BCUT2D eigenvalue weighted by molar-refractivity contribution is 0.376. The molecule has 0 unspecified atom stereocenters. The second-order valence-electron chi connectivity index (χ2n) is 5.36. The van der Waals surface area contributed by atoms with Crippen LogP contribution in [0.2, 0.25) is 5.02 Å². The summed E-state index contributed by atoms with van der Waals surface area (Å²) < 4.78 is 42.4. The molecule has 1 heterocycles. The Morgan fingerprint density at radius 3 is 2.48 bits per heavy atom. The van der Waals surface area contributed by atoms with Crippen molar-refractivity contribution in [3.8, 4) is 22.9 Å². The maximum atomic E-state index is 12.4. The fourth-order valence-corrected chi connectivity index (χ4v) is 3.56. The zero-order valence-electron chi connectivity index (χ0n) is 14.5. The Morgan fingerprint density at radius 1 is 1.11 bits per heavy atom. The molecule has 0 saturated carbocycles. The first-order valence-electron chi connectivity index (χ1n) is 7.73. The first-order valence-corrected chi connectivity index (χ1v) is 9.59. The summed E-state index contributed by atoms with van der Waals surface area (Å²) in [5, 5.41) is 4.05. The van der Waals surface area contributed by atoms with Gasteiger partial charge in [-0.05, 0) is 42.5 Å². The van der Waals surface area contributed by atoms with Crippen LogP contribution in [-0.4, -0.2) is 32.8 Å². The van der Waals surface area contributed by atoms with Gasteiger partial charge in [0.05, 0.1) is 30.7 Å². The highest BCUT2D eigenvalue weighted by atomic mass is 35.5. The zero-order valence-corrected chi connectivity index (χ0v) is 16.0. The molecule has 0 amide bonds. The van der Waals surface area contributed by atoms with Crippen molar-refractivity contribution in [1.82, 2.24) is 14.9 Å². The van der Waals surface area contributed by atoms with Crippen LogP contribution in [0.4, 0.5) is 0 Å².